The minimum Gasteiger partial charge on any atom is -0.684 e. The van der Waals surface area contributed by atoms with Crippen LogP contribution in [0.1, 0.15) is 5.69 Å². The molecule has 1 aromatic rings. The summed E-state index contributed by atoms with van der Waals surface area (Å²) in [6.45, 7) is 1.88. The van der Waals surface area contributed by atoms with E-state index in [1.54, 1.807) is 6.07 Å². The molecule has 41 valence electrons. The van der Waals surface area contributed by atoms with Crippen LogP contribution in [-0.4, -0.2) is 5.10 Å². The maximum atomic E-state index is 3.61. The van der Waals surface area contributed by atoms with Crippen LogP contribution in [0, 0.1) is 13.1 Å². The van der Waals surface area contributed by atoms with Crippen LogP contribution in [0.5, 0.6) is 0 Å². The van der Waals surface area contributed by atoms with Crippen LogP contribution in [0.3, 0.4) is 0 Å². The molecule has 0 unspecified atom stereocenters. The average Bonchev–Trinajstić information content (AvgIpc) is 1.86. The molecule has 0 N–H and O–H groups in total. The van der Waals surface area contributed by atoms with Crippen molar-refractivity contribution >= 4 is 0 Å². The maximum absolute atomic E-state index is 3.61. The SMILES string of the molecule is Cc1c[c-]n[n-]1.[Y].[Y].[Y]. The predicted octanol–water partition coefficient (Wildman–Crippen LogP) is 0.140. The Morgan fingerprint density at radius 2 is 2.00 bits per heavy atom. The summed E-state index contributed by atoms with van der Waals surface area (Å²) in [4.78, 5) is 0. The number of hydrogen-bond donors (Lipinski definition) is 0. The topological polar surface area (TPSA) is 27.0 Å². The molecule has 1 rings (SSSR count). The number of aromatic nitrogens is 2. The van der Waals surface area contributed by atoms with Gasteiger partial charge in [0.1, 0.15) is 0 Å². The molecule has 0 fully saturated rings. The number of hydrogen-bond acceptors (Lipinski definition) is 1. The second-order valence-corrected chi connectivity index (χ2v) is 1.11. The predicted molar refractivity (Wildman–Crippen MR) is 21.1 cm³/mol. The van der Waals surface area contributed by atoms with Gasteiger partial charge in [0.05, 0.1) is 0 Å². The summed E-state index contributed by atoms with van der Waals surface area (Å²) in [6.07, 6.45) is 2.57. The molecule has 2 nitrogen and oxygen atoms in total. The Morgan fingerprint density at radius 3 is 2.11 bits per heavy atom. The minimum absolute atomic E-state index is 0. The molecule has 0 aromatic carbocycles. The van der Waals surface area contributed by atoms with Gasteiger partial charge in [0, 0.05) is 98.1 Å². The van der Waals surface area contributed by atoms with Gasteiger partial charge in [-0.1, -0.05) is 0 Å². The largest absolute Gasteiger partial charge is 0.684 e. The van der Waals surface area contributed by atoms with Crippen LogP contribution in [0.2, 0.25) is 0 Å². The minimum atomic E-state index is 0. The molecule has 0 saturated heterocycles. The third-order valence-corrected chi connectivity index (χ3v) is 0.539. The van der Waals surface area contributed by atoms with Crippen molar-refractivity contribution in [2.24, 2.45) is 0 Å². The second-order valence-electron chi connectivity index (χ2n) is 1.11. The Kier molecular flexibility index (Phi) is 20.5. The maximum Gasteiger partial charge on any atom is 0 e. The van der Waals surface area contributed by atoms with E-state index in [4.69, 9.17) is 0 Å². The second kappa shape index (κ2) is 10.5. The first-order valence-electron chi connectivity index (χ1n) is 1.72. The van der Waals surface area contributed by atoms with Crippen molar-refractivity contribution in [3.05, 3.63) is 18.0 Å². The van der Waals surface area contributed by atoms with E-state index in [0.717, 1.165) is 5.69 Å². The van der Waals surface area contributed by atoms with Crippen LogP contribution in [0.25, 0.3) is 0 Å². The zero-order valence-corrected chi connectivity index (χ0v) is 13.7. The molecule has 0 aliphatic heterocycles. The fourth-order valence-electron chi connectivity index (χ4n) is 0.259. The molecule has 0 amide bonds. The van der Waals surface area contributed by atoms with Gasteiger partial charge < -0.3 is 15.9 Å². The van der Waals surface area contributed by atoms with E-state index in [2.05, 4.69) is 16.4 Å². The standard InChI is InChI=1S/C4H4N2.3Y/c1-4-2-3-5-6-4;;;/h2H,1H3;;;/q-2;;;. The Labute approximate surface area is 130 Å². The smallest absolute Gasteiger partial charge is 0 e. The molecule has 5 heteroatoms. The van der Waals surface area contributed by atoms with Gasteiger partial charge >= 0.3 is 0 Å². The van der Waals surface area contributed by atoms with Gasteiger partial charge in [0.25, 0.3) is 0 Å². The molecule has 0 saturated carbocycles. The van der Waals surface area contributed by atoms with E-state index < -0.39 is 0 Å². The van der Waals surface area contributed by atoms with Crippen molar-refractivity contribution in [1.29, 1.82) is 0 Å². The van der Waals surface area contributed by atoms with Gasteiger partial charge in [-0.05, 0) is 0 Å². The quantitative estimate of drug-likeness (QED) is 0.625. The third kappa shape index (κ3) is 8.43. The van der Waals surface area contributed by atoms with E-state index in [0.29, 0.717) is 0 Å². The average molecular weight is 347 g/mol. The summed E-state index contributed by atoms with van der Waals surface area (Å²) in [5.74, 6) is 0. The first-order valence-corrected chi connectivity index (χ1v) is 1.72. The van der Waals surface area contributed by atoms with Gasteiger partial charge in [-0.2, -0.15) is 6.20 Å². The van der Waals surface area contributed by atoms with Gasteiger partial charge in [0.2, 0.25) is 0 Å². The van der Waals surface area contributed by atoms with E-state index in [9.17, 15) is 0 Å². The summed E-state index contributed by atoms with van der Waals surface area (Å²) in [7, 11) is 0. The zero-order valence-electron chi connectivity index (χ0n) is 5.20. The fourth-order valence-corrected chi connectivity index (χ4v) is 0.259. The van der Waals surface area contributed by atoms with Crippen molar-refractivity contribution in [3.8, 4) is 0 Å². The Bertz CT molecular complexity index is 117. The molecule has 0 aliphatic carbocycles. The fraction of sp³-hybridized carbons (Fsp3) is 0.250. The van der Waals surface area contributed by atoms with E-state index >= 15 is 0 Å². The summed E-state index contributed by atoms with van der Waals surface area (Å²) >= 11 is 0. The van der Waals surface area contributed by atoms with Crippen LogP contribution in [-0.2, 0) is 98.1 Å². The number of rotatable bonds is 0. The first-order chi connectivity index (χ1) is 2.89. The monoisotopic (exact) mass is 347 g/mol. The molecule has 0 spiro atoms. The normalized spacial score (nSPS) is 5.89. The van der Waals surface area contributed by atoms with Crippen molar-refractivity contribution in [2.45, 2.75) is 6.92 Å². The van der Waals surface area contributed by atoms with Crippen LogP contribution < -0.4 is 5.10 Å². The van der Waals surface area contributed by atoms with Gasteiger partial charge in [-0.15, -0.1) is 6.92 Å². The van der Waals surface area contributed by atoms with Crippen molar-refractivity contribution < 1.29 is 98.1 Å². The Morgan fingerprint density at radius 1 is 1.44 bits per heavy atom. The Hall–Kier alpha value is 2.52. The molecule has 3 radical (unpaired) electrons. The van der Waals surface area contributed by atoms with Crippen LogP contribution >= 0.6 is 0 Å². The number of aryl methyl sites for hydroxylation is 1. The van der Waals surface area contributed by atoms with Crippen molar-refractivity contribution in [1.82, 2.24) is 10.2 Å². The summed E-state index contributed by atoms with van der Waals surface area (Å²) in [5, 5.41) is 7.06. The summed E-state index contributed by atoms with van der Waals surface area (Å²) < 4.78 is 0. The van der Waals surface area contributed by atoms with Crippen LogP contribution in [0.4, 0.5) is 0 Å². The van der Waals surface area contributed by atoms with Crippen LogP contribution in [0.15, 0.2) is 6.07 Å². The van der Waals surface area contributed by atoms with Gasteiger partial charge in [-0.25, -0.2) is 6.07 Å². The van der Waals surface area contributed by atoms with Gasteiger partial charge in [0.15, 0.2) is 0 Å². The van der Waals surface area contributed by atoms with Gasteiger partial charge in [-0.3, -0.25) is 0 Å². The molecule has 9 heavy (non-hydrogen) atoms. The summed E-state index contributed by atoms with van der Waals surface area (Å²) in [5.41, 5.74) is 0.926. The molecule has 0 atom stereocenters. The molecular formula is C4H4N2Y3-2. The van der Waals surface area contributed by atoms with E-state index in [-0.39, 0.29) is 98.1 Å². The number of nitrogens with zero attached hydrogens (tertiary/aromatic N) is 2. The molecule has 0 aliphatic rings. The zero-order chi connectivity index (χ0) is 4.41. The summed E-state index contributed by atoms with van der Waals surface area (Å²) in [6, 6.07) is 1.74. The molecular weight excluding hydrogens is 343 g/mol. The van der Waals surface area contributed by atoms with E-state index in [1.165, 1.54) is 0 Å². The Balaban J connectivity index is -0.000000120. The van der Waals surface area contributed by atoms with Crippen molar-refractivity contribution in [3.63, 3.8) is 0 Å². The first kappa shape index (κ1) is 17.6. The molecule has 0 bridgehead atoms. The molecule has 1 heterocycles. The molecule has 1 aromatic heterocycles. The van der Waals surface area contributed by atoms with E-state index in [1.807, 2.05) is 6.92 Å². The van der Waals surface area contributed by atoms with Crippen molar-refractivity contribution in [2.75, 3.05) is 0 Å². The third-order valence-electron chi connectivity index (χ3n) is 0.539.